The largest absolute Gasteiger partial charge is 0.489 e. The highest BCUT2D eigenvalue weighted by Crippen LogP contribution is 2.35. The molecular formula is C13H13BrFN3O2. The van der Waals surface area contributed by atoms with Crippen LogP contribution in [0, 0.1) is 5.82 Å². The van der Waals surface area contributed by atoms with E-state index in [4.69, 9.17) is 9.47 Å². The smallest absolute Gasteiger partial charge is 0.268 e. The standard InChI is InChI=1S/C13H13BrFN3O2/c1-3-16-12-11(19-2)13(18-7-17-12)20-10-5-4-8(14)6-9(10)15/h4-7H,3H2,1-2H3,(H,16,17,18). The zero-order valence-electron chi connectivity index (χ0n) is 11.0. The molecule has 0 atom stereocenters. The number of benzene rings is 1. The molecule has 0 aliphatic carbocycles. The molecule has 0 unspecified atom stereocenters. The molecule has 0 bridgehead atoms. The van der Waals surface area contributed by atoms with Gasteiger partial charge in [0.25, 0.3) is 5.88 Å². The molecule has 1 heterocycles. The molecule has 0 radical (unpaired) electrons. The fourth-order valence-corrected chi connectivity index (χ4v) is 1.90. The van der Waals surface area contributed by atoms with E-state index in [9.17, 15) is 4.39 Å². The van der Waals surface area contributed by atoms with Crippen LogP contribution in [0.25, 0.3) is 0 Å². The molecule has 0 saturated heterocycles. The van der Waals surface area contributed by atoms with Crippen molar-refractivity contribution in [2.24, 2.45) is 0 Å². The third-order valence-electron chi connectivity index (χ3n) is 2.42. The second-order valence-electron chi connectivity index (χ2n) is 3.77. The minimum absolute atomic E-state index is 0.0626. The van der Waals surface area contributed by atoms with E-state index in [1.165, 1.54) is 25.6 Å². The Morgan fingerprint density at radius 3 is 2.80 bits per heavy atom. The van der Waals surface area contributed by atoms with Crippen LogP contribution >= 0.6 is 15.9 Å². The summed E-state index contributed by atoms with van der Waals surface area (Å²) < 4.78 is 25.1. The number of aromatic nitrogens is 2. The maximum atomic E-state index is 13.8. The first kappa shape index (κ1) is 14.5. The Labute approximate surface area is 124 Å². The van der Waals surface area contributed by atoms with Gasteiger partial charge in [-0.15, -0.1) is 0 Å². The van der Waals surface area contributed by atoms with Gasteiger partial charge in [-0.1, -0.05) is 15.9 Å². The van der Waals surface area contributed by atoms with Gasteiger partial charge in [0.1, 0.15) is 6.33 Å². The van der Waals surface area contributed by atoms with Gasteiger partial charge < -0.3 is 14.8 Å². The number of nitrogens with one attached hydrogen (secondary N) is 1. The van der Waals surface area contributed by atoms with Crippen molar-refractivity contribution in [2.75, 3.05) is 19.0 Å². The minimum atomic E-state index is -0.495. The number of rotatable bonds is 5. The van der Waals surface area contributed by atoms with Gasteiger partial charge in [0, 0.05) is 11.0 Å². The molecule has 0 saturated carbocycles. The van der Waals surface area contributed by atoms with E-state index in [1.54, 1.807) is 6.07 Å². The number of hydrogen-bond acceptors (Lipinski definition) is 5. The Morgan fingerprint density at radius 1 is 1.35 bits per heavy atom. The lowest BCUT2D eigenvalue weighted by Crippen LogP contribution is -2.04. The molecule has 2 aromatic rings. The third kappa shape index (κ3) is 3.16. The van der Waals surface area contributed by atoms with Crippen LogP contribution in [-0.4, -0.2) is 23.6 Å². The van der Waals surface area contributed by atoms with Crippen molar-refractivity contribution in [1.82, 2.24) is 9.97 Å². The number of methoxy groups -OCH3 is 1. The summed E-state index contributed by atoms with van der Waals surface area (Å²) >= 11 is 3.19. The predicted molar refractivity (Wildman–Crippen MR) is 76.9 cm³/mol. The van der Waals surface area contributed by atoms with E-state index in [0.717, 1.165) is 0 Å². The van der Waals surface area contributed by atoms with Crippen molar-refractivity contribution in [3.8, 4) is 17.4 Å². The molecule has 0 fully saturated rings. The zero-order valence-corrected chi connectivity index (χ0v) is 12.6. The average molecular weight is 342 g/mol. The van der Waals surface area contributed by atoms with E-state index >= 15 is 0 Å². The summed E-state index contributed by atoms with van der Waals surface area (Å²) in [6.07, 6.45) is 1.33. The van der Waals surface area contributed by atoms with Gasteiger partial charge in [-0.25, -0.2) is 9.37 Å². The summed E-state index contributed by atoms with van der Waals surface area (Å²) in [6, 6.07) is 4.50. The van der Waals surface area contributed by atoms with Gasteiger partial charge in [0.15, 0.2) is 17.4 Å². The van der Waals surface area contributed by atoms with Crippen LogP contribution in [0.4, 0.5) is 10.2 Å². The normalized spacial score (nSPS) is 10.2. The van der Waals surface area contributed by atoms with E-state index in [2.05, 4.69) is 31.2 Å². The molecule has 20 heavy (non-hydrogen) atoms. The Morgan fingerprint density at radius 2 is 2.15 bits per heavy atom. The number of nitrogens with zero attached hydrogens (tertiary/aromatic N) is 2. The lowest BCUT2D eigenvalue weighted by Gasteiger charge is -2.12. The van der Waals surface area contributed by atoms with E-state index in [1.807, 2.05) is 6.92 Å². The molecular weight excluding hydrogens is 329 g/mol. The van der Waals surface area contributed by atoms with Crippen LogP contribution < -0.4 is 14.8 Å². The van der Waals surface area contributed by atoms with Crippen molar-refractivity contribution in [3.63, 3.8) is 0 Å². The second kappa shape index (κ2) is 6.51. The molecule has 5 nitrogen and oxygen atoms in total. The summed E-state index contributed by atoms with van der Waals surface area (Å²) in [5.41, 5.74) is 0. The van der Waals surface area contributed by atoms with Crippen molar-refractivity contribution in [2.45, 2.75) is 6.92 Å². The van der Waals surface area contributed by atoms with E-state index in [0.29, 0.717) is 22.6 Å². The molecule has 0 amide bonds. The average Bonchev–Trinajstić information content (AvgIpc) is 2.42. The van der Waals surface area contributed by atoms with Crippen molar-refractivity contribution >= 4 is 21.7 Å². The summed E-state index contributed by atoms with van der Waals surface area (Å²) in [7, 11) is 1.48. The molecule has 1 aromatic heterocycles. The molecule has 0 aliphatic rings. The number of ether oxygens (including phenoxy) is 2. The highest BCUT2D eigenvalue weighted by Gasteiger charge is 2.15. The van der Waals surface area contributed by atoms with Gasteiger partial charge in [-0.2, -0.15) is 4.98 Å². The number of hydrogen-bond donors (Lipinski definition) is 1. The first-order valence-electron chi connectivity index (χ1n) is 5.91. The van der Waals surface area contributed by atoms with Gasteiger partial charge in [-0.3, -0.25) is 0 Å². The summed E-state index contributed by atoms with van der Waals surface area (Å²) in [6.45, 7) is 2.59. The Hall–Kier alpha value is -1.89. The van der Waals surface area contributed by atoms with Crippen LogP contribution in [0.1, 0.15) is 6.92 Å². The molecule has 106 valence electrons. The third-order valence-corrected chi connectivity index (χ3v) is 2.91. The van der Waals surface area contributed by atoms with Gasteiger partial charge >= 0.3 is 0 Å². The topological polar surface area (TPSA) is 56.3 Å². The van der Waals surface area contributed by atoms with Crippen LogP contribution in [0.2, 0.25) is 0 Å². The molecule has 0 spiro atoms. The van der Waals surface area contributed by atoms with Crippen LogP contribution in [-0.2, 0) is 0 Å². The quantitative estimate of drug-likeness (QED) is 0.900. The maximum Gasteiger partial charge on any atom is 0.268 e. The monoisotopic (exact) mass is 341 g/mol. The van der Waals surface area contributed by atoms with Crippen molar-refractivity contribution in [3.05, 3.63) is 34.8 Å². The van der Waals surface area contributed by atoms with E-state index < -0.39 is 5.82 Å². The number of halogens is 2. The molecule has 1 aromatic carbocycles. The Kier molecular flexibility index (Phi) is 4.73. The van der Waals surface area contributed by atoms with E-state index in [-0.39, 0.29) is 11.6 Å². The molecule has 7 heteroatoms. The van der Waals surface area contributed by atoms with Crippen LogP contribution in [0.5, 0.6) is 17.4 Å². The summed E-state index contributed by atoms with van der Waals surface area (Å²) in [5, 5.41) is 3.02. The van der Waals surface area contributed by atoms with Gasteiger partial charge in [0.05, 0.1) is 7.11 Å². The maximum absolute atomic E-state index is 13.8. The highest BCUT2D eigenvalue weighted by atomic mass is 79.9. The highest BCUT2D eigenvalue weighted by molar-refractivity contribution is 9.10. The molecule has 0 aliphatic heterocycles. The fourth-order valence-electron chi connectivity index (χ4n) is 1.57. The Balaban J connectivity index is 2.35. The van der Waals surface area contributed by atoms with Crippen LogP contribution in [0.15, 0.2) is 29.0 Å². The van der Waals surface area contributed by atoms with Crippen LogP contribution in [0.3, 0.4) is 0 Å². The van der Waals surface area contributed by atoms with Crippen molar-refractivity contribution < 1.29 is 13.9 Å². The van der Waals surface area contributed by atoms with Gasteiger partial charge in [0.2, 0.25) is 5.75 Å². The lowest BCUT2D eigenvalue weighted by molar-refractivity contribution is 0.360. The lowest BCUT2D eigenvalue weighted by atomic mass is 10.3. The molecule has 1 N–H and O–H groups in total. The zero-order chi connectivity index (χ0) is 14.5. The first-order chi connectivity index (χ1) is 9.65. The van der Waals surface area contributed by atoms with Gasteiger partial charge in [-0.05, 0) is 25.1 Å². The number of anilines is 1. The molecule has 2 rings (SSSR count). The van der Waals surface area contributed by atoms with Crippen molar-refractivity contribution in [1.29, 1.82) is 0 Å². The fraction of sp³-hybridized carbons (Fsp3) is 0.231. The predicted octanol–water partition coefficient (Wildman–Crippen LogP) is 3.61. The minimum Gasteiger partial charge on any atom is -0.489 e. The first-order valence-corrected chi connectivity index (χ1v) is 6.70. The SMILES string of the molecule is CCNc1ncnc(Oc2ccc(Br)cc2F)c1OC. The Bertz CT molecular complexity index is 610. The summed E-state index contributed by atoms with van der Waals surface area (Å²) in [4.78, 5) is 8.02. The summed E-state index contributed by atoms with van der Waals surface area (Å²) in [5.74, 6) is 0.548. The second-order valence-corrected chi connectivity index (χ2v) is 4.68.